The van der Waals surface area contributed by atoms with Gasteiger partial charge in [0.1, 0.15) is 0 Å². The molecule has 0 bridgehead atoms. The van der Waals surface area contributed by atoms with Gasteiger partial charge in [0.15, 0.2) is 0 Å². The third kappa shape index (κ3) is 4.92. The van der Waals surface area contributed by atoms with E-state index in [4.69, 9.17) is 6.42 Å². The average molecular weight is 180 g/mol. The number of hydrogen-bond donors (Lipinski definition) is 1. The van der Waals surface area contributed by atoms with E-state index >= 15 is 0 Å². The van der Waals surface area contributed by atoms with Crippen LogP contribution in [0.25, 0.3) is 0 Å². The summed E-state index contributed by atoms with van der Waals surface area (Å²) in [5.41, 5.74) is 0. The van der Waals surface area contributed by atoms with Crippen molar-refractivity contribution in [2.45, 2.75) is 32.2 Å². The van der Waals surface area contributed by atoms with Crippen molar-refractivity contribution in [2.75, 3.05) is 26.2 Å². The standard InChI is InChI=1S/C11H20N2/c1-3-8-13(9-4-2)10-7-12-11-5-6-11/h1,11-12H,4-10H2,2H3. The molecule has 0 spiro atoms. The smallest absolute Gasteiger partial charge is 0.0599 e. The van der Waals surface area contributed by atoms with E-state index in [2.05, 4.69) is 23.1 Å². The molecule has 13 heavy (non-hydrogen) atoms. The van der Waals surface area contributed by atoms with E-state index < -0.39 is 0 Å². The summed E-state index contributed by atoms with van der Waals surface area (Å²) in [6.07, 6.45) is 9.21. The van der Waals surface area contributed by atoms with E-state index in [1.165, 1.54) is 19.3 Å². The zero-order chi connectivity index (χ0) is 9.52. The summed E-state index contributed by atoms with van der Waals surface area (Å²) in [5.74, 6) is 2.70. The van der Waals surface area contributed by atoms with Crippen molar-refractivity contribution in [3.63, 3.8) is 0 Å². The molecule has 1 N–H and O–H groups in total. The van der Waals surface area contributed by atoms with Gasteiger partial charge in [-0.1, -0.05) is 12.8 Å². The van der Waals surface area contributed by atoms with Gasteiger partial charge in [-0.25, -0.2) is 0 Å². The fourth-order valence-corrected chi connectivity index (χ4v) is 1.43. The van der Waals surface area contributed by atoms with Gasteiger partial charge in [-0.3, -0.25) is 4.90 Å². The third-order valence-corrected chi connectivity index (χ3v) is 2.29. The van der Waals surface area contributed by atoms with Crippen LogP contribution < -0.4 is 5.32 Å². The molecule has 0 radical (unpaired) electrons. The number of nitrogens with one attached hydrogen (secondary N) is 1. The second-order valence-electron chi connectivity index (χ2n) is 3.71. The average Bonchev–Trinajstić information content (AvgIpc) is 2.89. The molecule has 0 saturated heterocycles. The van der Waals surface area contributed by atoms with Crippen molar-refractivity contribution in [1.82, 2.24) is 10.2 Å². The van der Waals surface area contributed by atoms with Crippen LogP contribution in [0.1, 0.15) is 26.2 Å². The van der Waals surface area contributed by atoms with Crippen molar-refractivity contribution in [3.8, 4) is 12.3 Å². The Bertz CT molecular complexity index is 167. The normalized spacial score (nSPS) is 16.1. The first kappa shape index (κ1) is 10.6. The highest BCUT2D eigenvalue weighted by atomic mass is 15.1. The minimum Gasteiger partial charge on any atom is -0.313 e. The molecule has 0 aromatic heterocycles. The zero-order valence-corrected chi connectivity index (χ0v) is 8.55. The van der Waals surface area contributed by atoms with Gasteiger partial charge in [-0.2, -0.15) is 0 Å². The monoisotopic (exact) mass is 180 g/mol. The molecule has 0 heterocycles. The Morgan fingerprint density at radius 1 is 1.46 bits per heavy atom. The summed E-state index contributed by atoms with van der Waals surface area (Å²) in [7, 11) is 0. The van der Waals surface area contributed by atoms with Crippen molar-refractivity contribution in [1.29, 1.82) is 0 Å². The second kappa shape index (κ2) is 6.01. The molecule has 1 aliphatic carbocycles. The SMILES string of the molecule is C#CCN(CCC)CCNC1CC1. The molecule has 0 aromatic carbocycles. The van der Waals surface area contributed by atoms with Crippen LogP contribution in [-0.4, -0.2) is 37.1 Å². The predicted molar refractivity (Wildman–Crippen MR) is 56.6 cm³/mol. The van der Waals surface area contributed by atoms with Crippen LogP contribution >= 0.6 is 0 Å². The van der Waals surface area contributed by atoms with E-state index in [-0.39, 0.29) is 0 Å². The van der Waals surface area contributed by atoms with Crippen molar-refractivity contribution in [2.24, 2.45) is 0 Å². The van der Waals surface area contributed by atoms with Crippen LogP contribution in [0.15, 0.2) is 0 Å². The maximum atomic E-state index is 5.29. The van der Waals surface area contributed by atoms with Crippen LogP contribution in [0.4, 0.5) is 0 Å². The molecule has 1 saturated carbocycles. The van der Waals surface area contributed by atoms with Gasteiger partial charge in [0.05, 0.1) is 6.54 Å². The molecule has 0 aromatic rings. The lowest BCUT2D eigenvalue weighted by Crippen LogP contribution is -2.33. The molecule has 74 valence electrons. The first-order chi connectivity index (χ1) is 6.36. The molecule has 2 nitrogen and oxygen atoms in total. The van der Waals surface area contributed by atoms with Crippen LogP contribution in [0.2, 0.25) is 0 Å². The highest BCUT2D eigenvalue weighted by Gasteiger charge is 2.19. The molecule has 1 aliphatic rings. The summed E-state index contributed by atoms with van der Waals surface area (Å²) in [6.45, 7) is 6.29. The van der Waals surface area contributed by atoms with E-state index in [1.807, 2.05) is 0 Å². The Morgan fingerprint density at radius 3 is 2.77 bits per heavy atom. The molecule has 0 unspecified atom stereocenters. The minimum absolute atomic E-state index is 0.792. The highest BCUT2D eigenvalue weighted by Crippen LogP contribution is 2.17. The molecule has 0 aliphatic heterocycles. The van der Waals surface area contributed by atoms with Crippen LogP contribution in [0.3, 0.4) is 0 Å². The molecule has 2 heteroatoms. The van der Waals surface area contributed by atoms with E-state index in [9.17, 15) is 0 Å². The third-order valence-electron chi connectivity index (χ3n) is 2.29. The quantitative estimate of drug-likeness (QED) is 0.590. The van der Waals surface area contributed by atoms with Crippen LogP contribution in [-0.2, 0) is 0 Å². The van der Waals surface area contributed by atoms with E-state index in [1.54, 1.807) is 0 Å². The fraction of sp³-hybridized carbons (Fsp3) is 0.818. The van der Waals surface area contributed by atoms with Crippen molar-refractivity contribution >= 4 is 0 Å². The number of rotatable bonds is 7. The highest BCUT2D eigenvalue weighted by molar-refractivity contribution is 4.88. The summed E-state index contributed by atoms with van der Waals surface area (Å²) in [4.78, 5) is 2.33. The van der Waals surface area contributed by atoms with Crippen LogP contribution in [0.5, 0.6) is 0 Å². The van der Waals surface area contributed by atoms with Crippen LogP contribution in [0, 0.1) is 12.3 Å². The first-order valence-electron chi connectivity index (χ1n) is 5.26. The molecular formula is C11H20N2. The Morgan fingerprint density at radius 2 is 2.23 bits per heavy atom. The van der Waals surface area contributed by atoms with Gasteiger partial charge in [0.25, 0.3) is 0 Å². The Hall–Kier alpha value is -0.520. The minimum atomic E-state index is 0.792. The summed E-state index contributed by atoms with van der Waals surface area (Å²) in [5, 5.41) is 3.49. The second-order valence-corrected chi connectivity index (χ2v) is 3.71. The Balaban J connectivity index is 2.02. The van der Waals surface area contributed by atoms with Gasteiger partial charge < -0.3 is 5.32 Å². The summed E-state index contributed by atoms with van der Waals surface area (Å²) >= 11 is 0. The lowest BCUT2D eigenvalue weighted by Gasteiger charge is -2.18. The summed E-state index contributed by atoms with van der Waals surface area (Å²) < 4.78 is 0. The molecule has 1 fully saturated rings. The summed E-state index contributed by atoms with van der Waals surface area (Å²) in [6, 6.07) is 0.814. The lowest BCUT2D eigenvalue weighted by atomic mass is 10.4. The maximum absolute atomic E-state index is 5.29. The lowest BCUT2D eigenvalue weighted by molar-refractivity contribution is 0.305. The van der Waals surface area contributed by atoms with E-state index in [0.29, 0.717) is 0 Å². The first-order valence-corrected chi connectivity index (χ1v) is 5.26. The zero-order valence-electron chi connectivity index (χ0n) is 8.55. The predicted octanol–water partition coefficient (Wildman–Crippen LogP) is 1.08. The van der Waals surface area contributed by atoms with Gasteiger partial charge in [0, 0.05) is 19.1 Å². The molecule has 1 rings (SSSR count). The number of nitrogens with zero attached hydrogens (tertiary/aromatic N) is 1. The number of terminal acetylenes is 1. The van der Waals surface area contributed by atoms with Crippen molar-refractivity contribution < 1.29 is 0 Å². The Kier molecular flexibility index (Phi) is 4.88. The maximum Gasteiger partial charge on any atom is 0.0599 e. The molecule has 0 atom stereocenters. The van der Waals surface area contributed by atoms with Gasteiger partial charge in [0.2, 0.25) is 0 Å². The van der Waals surface area contributed by atoms with Gasteiger partial charge in [-0.15, -0.1) is 6.42 Å². The Labute approximate surface area is 81.7 Å². The van der Waals surface area contributed by atoms with Gasteiger partial charge in [-0.05, 0) is 25.8 Å². The number of hydrogen-bond acceptors (Lipinski definition) is 2. The van der Waals surface area contributed by atoms with Crippen molar-refractivity contribution in [3.05, 3.63) is 0 Å². The largest absolute Gasteiger partial charge is 0.313 e. The molecule has 0 amide bonds. The van der Waals surface area contributed by atoms with E-state index in [0.717, 1.165) is 32.2 Å². The molecular weight excluding hydrogens is 160 g/mol. The topological polar surface area (TPSA) is 15.3 Å². The van der Waals surface area contributed by atoms with Gasteiger partial charge >= 0.3 is 0 Å². The fourth-order valence-electron chi connectivity index (χ4n) is 1.43.